The number of alkyl carbamates (subject to hydrolysis) is 1. The lowest BCUT2D eigenvalue weighted by Crippen LogP contribution is -2.28. The van der Waals surface area contributed by atoms with Crippen LogP contribution in [0.15, 0.2) is 48.5 Å². The molecule has 126 valence electrons. The third-order valence-corrected chi connectivity index (χ3v) is 3.62. The highest BCUT2D eigenvalue weighted by Crippen LogP contribution is 2.14. The molecule has 0 aliphatic carbocycles. The van der Waals surface area contributed by atoms with Crippen molar-refractivity contribution < 1.29 is 14.3 Å². The number of aryl methyl sites for hydroxylation is 2. The van der Waals surface area contributed by atoms with Crippen molar-refractivity contribution in [2.45, 2.75) is 26.9 Å². The van der Waals surface area contributed by atoms with Crippen molar-refractivity contribution in [1.29, 1.82) is 0 Å². The number of hydrogen-bond donors (Lipinski definition) is 2. The molecule has 0 aliphatic rings. The van der Waals surface area contributed by atoms with E-state index in [4.69, 9.17) is 4.74 Å². The molecule has 0 fully saturated rings. The van der Waals surface area contributed by atoms with Gasteiger partial charge in [0, 0.05) is 18.7 Å². The molecule has 0 aliphatic heterocycles. The van der Waals surface area contributed by atoms with Gasteiger partial charge in [-0.2, -0.15) is 0 Å². The maximum absolute atomic E-state index is 11.9. The van der Waals surface area contributed by atoms with Crippen molar-refractivity contribution in [3.8, 4) is 0 Å². The van der Waals surface area contributed by atoms with Gasteiger partial charge in [-0.25, -0.2) is 4.79 Å². The first-order valence-electron chi connectivity index (χ1n) is 7.86. The van der Waals surface area contributed by atoms with E-state index in [0.29, 0.717) is 0 Å². The van der Waals surface area contributed by atoms with Gasteiger partial charge in [0.05, 0.1) is 0 Å². The first kappa shape index (κ1) is 17.5. The summed E-state index contributed by atoms with van der Waals surface area (Å²) in [5.41, 5.74) is 3.97. The minimum Gasteiger partial charge on any atom is -0.445 e. The van der Waals surface area contributed by atoms with Crippen LogP contribution < -0.4 is 10.6 Å². The van der Waals surface area contributed by atoms with E-state index in [9.17, 15) is 9.59 Å². The molecule has 0 saturated heterocycles. The van der Waals surface area contributed by atoms with Crippen molar-refractivity contribution in [2.75, 3.05) is 11.9 Å². The van der Waals surface area contributed by atoms with Gasteiger partial charge < -0.3 is 15.4 Å². The van der Waals surface area contributed by atoms with Gasteiger partial charge in [-0.3, -0.25) is 4.79 Å². The number of hydrogen-bond acceptors (Lipinski definition) is 3. The minimum absolute atomic E-state index is 0.151. The molecular weight excluding hydrogens is 304 g/mol. The molecule has 0 unspecified atom stereocenters. The summed E-state index contributed by atoms with van der Waals surface area (Å²) >= 11 is 0. The molecule has 0 atom stereocenters. The van der Waals surface area contributed by atoms with E-state index < -0.39 is 6.09 Å². The zero-order valence-corrected chi connectivity index (χ0v) is 14.0. The molecule has 0 saturated carbocycles. The van der Waals surface area contributed by atoms with Crippen LogP contribution >= 0.6 is 0 Å². The quantitative estimate of drug-likeness (QED) is 0.853. The van der Waals surface area contributed by atoms with Crippen molar-refractivity contribution in [1.82, 2.24) is 5.32 Å². The number of anilines is 1. The van der Waals surface area contributed by atoms with Gasteiger partial charge in [-0.15, -0.1) is 0 Å². The van der Waals surface area contributed by atoms with Crippen LogP contribution in [0.5, 0.6) is 0 Å². The molecule has 2 rings (SSSR count). The van der Waals surface area contributed by atoms with Crippen LogP contribution in [0.25, 0.3) is 0 Å². The summed E-state index contributed by atoms with van der Waals surface area (Å²) in [6.07, 6.45) is -0.342. The van der Waals surface area contributed by atoms with Gasteiger partial charge in [0.25, 0.3) is 0 Å². The van der Waals surface area contributed by atoms with E-state index in [0.717, 1.165) is 16.8 Å². The highest BCUT2D eigenvalue weighted by Gasteiger charge is 2.06. The van der Waals surface area contributed by atoms with Crippen molar-refractivity contribution in [3.63, 3.8) is 0 Å². The van der Waals surface area contributed by atoms with Crippen LogP contribution in [0.2, 0.25) is 0 Å². The number of amides is 2. The minimum atomic E-state index is -0.530. The smallest absolute Gasteiger partial charge is 0.407 e. The van der Waals surface area contributed by atoms with Gasteiger partial charge in [0.15, 0.2) is 0 Å². The maximum Gasteiger partial charge on any atom is 0.407 e. The van der Waals surface area contributed by atoms with Crippen LogP contribution in [0.3, 0.4) is 0 Å². The maximum atomic E-state index is 11.9. The average molecular weight is 326 g/mol. The first-order valence-corrected chi connectivity index (χ1v) is 7.86. The standard InChI is InChI=1S/C19H22N2O3/c1-14-8-9-17(12-15(14)2)21-18(22)10-11-20-19(23)24-13-16-6-4-3-5-7-16/h3-9,12H,10-11,13H2,1-2H3,(H,20,23)(H,21,22). The summed E-state index contributed by atoms with van der Waals surface area (Å²) in [5.74, 6) is -0.151. The SMILES string of the molecule is Cc1ccc(NC(=O)CCNC(=O)OCc2ccccc2)cc1C. The lowest BCUT2D eigenvalue weighted by atomic mass is 10.1. The fourth-order valence-corrected chi connectivity index (χ4v) is 2.09. The molecule has 0 heterocycles. The molecule has 2 amide bonds. The number of nitrogens with one attached hydrogen (secondary N) is 2. The Kier molecular flexibility index (Phi) is 6.37. The summed E-state index contributed by atoms with van der Waals surface area (Å²) in [6, 6.07) is 15.2. The number of carbonyl (C=O) groups excluding carboxylic acids is 2. The monoisotopic (exact) mass is 326 g/mol. The first-order chi connectivity index (χ1) is 11.5. The molecule has 0 bridgehead atoms. The van der Waals surface area contributed by atoms with Gasteiger partial charge in [-0.1, -0.05) is 36.4 Å². The van der Waals surface area contributed by atoms with Crippen molar-refractivity contribution >= 4 is 17.7 Å². The van der Waals surface area contributed by atoms with Crippen LogP contribution in [0.4, 0.5) is 10.5 Å². The van der Waals surface area contributed by atoms with E-state index in [2.05, 4.69) is 10.6 Å². The van der Waals surface area contributed by atoms with Crippen LogP contribution in [0.1, 0.15) is 23.1 Å². The number of rotatable bonds is 6. The Morgan fingerprint density at radius 2 is 1.75 bits per heavy atom. The Labute approximate surface area is 142 Å². The third kappa shape index (κ3) is 5.76. The second kappa shape index (κ2) is 8.72. The molecule has 0 spiro atoms. The summed E-state index contributed by atoms with van der Waals surface area (Å²) < 4.78 is 5.08. The predicted molar refractivity (Wildman–Crippen MR) is 93.8 cm³/mol. The van der Waals surface area contributed by atoms with E-state index in [1.807, 2.05) is 62.4 Å². The summed E-state index contributed by atoms with van der Waals surface area (Å²) in [7, 11) is 0. The molecule has 5 nitrogen and oxygen atoms in total. The Balaban J connectivity index is 1.66. The highest BCUT2D eigenvalue weighted by molar-refractivity contribution is 5.91. The average Bonchev–Trinajstić information content (AvgIpc) is 2.57. The summed E-state index contributed by atoms with van der Waals surface area (Å²) in [6.45, 7) is 4.45. The Morgan fingerprint density at radius 3 is 2.46 bits per heavy atom. The molecule has 24 heavy (non-hydrogen) atoms. The Hall–Kier alpha value is -2.82. The third-order valence-electron chi connectivity index (χ3n) is 3.62. The fourth-order valence-electron chi connectivity index (χ4n) is 2.09. The normalized spacial score (nSPS) is 10.1. The molecule has 5 heteroatoms. The summed E-state index contributed by atoms with van der Waals surface area (Å²) in [4.78, 5) is 23.4. The van der Waals surface area contributed by atoms with Crippen LogP contribution in [0, 0.1) is 13.8 Å². The predicted octanol–water partition coefficient (Wildman–Crippen LogP) is 3.56. The number of carbonyl (C=O) groups is 2. The van der Waals surface area contributed by atoms with Gasteiger partial charge in [0.1, 0.15) is 6.61 Å². The topological polar surface area (TPSA) is 67.4 Å². The number of benzene rings is 2. The molecule has 2 aromatic carbocycles. The van der Waals surface area contributed by atoms with E-state index in [-0.39, 0.29) is 25.5 Å². The summed E-state index contributed by atoms with van der Waals surface area (Å²) in [5, 5.41) is 5.38. The fraction of sp³-hybridized carbons (Fsp3) is 0.263. The van der Waals surface area contributed by atoms with Gasteiger partial charge in [0.2, 0.25) is 5.91 Å². The van der Waals surface area contributed by atoms with E-state index in [1.165, 1.54) is 5.56 Å². The molecule has 2 N–H and O–H groups in total. The lowest BCUT2D eigenvalue weighted by molar-refractivity contribution is -0.116. The molecular formula is C19H22N2O3. The Morgan fingerprint density at radius 1 is 1.00 bits per heavy atom. The van der Waals surface area contributed by atoms with Crippen molar-refractivity contribution in [3.05, 3.63) is 65.2 Å². The molecule has 2 aromatic rings. The zero-order chi connectivity index (χ0) is 17.4. The molecule has 0 aromatic heterocycles. The lowest BCUT2D eigenvalue weighted by Gasteiger charge is -2.09. The molecule has 0 radical (unpaired) electrons. The van der Waals surface area contributed by atoms with Crippen LogP contribution in [-0.4, -0.2) is 18.5 Å². The zero-order valence-electron chi connectivity index (χ0n) is 14.0. The second-order valence-corrected chi connectivity index (χ2v) is 5.59. The van der Waals surface area contributed by atoms with Gasteiger partial charge >= 0.3 is 6.09 Å². The van der Waals surface area contributed by atoms with E-state index >= 15 is 0 Å². The van der Waals surface area contributed by atoms with Crippen LogP contribution in [-0.2, 0) is 16.1 Å². The van der Waals surface area contributed by atoms with Gasteiger partial charge in [-0.05, 0) is 42.7 Å². The number of ether oxygens (including phenoxy) is 1. The second-order valence-electron chi connectivity index (χ2n) is 5.59. The largest absolute Gasteiger partial charge is 0.445 e. The highest BCUT2D eigenvalue weighted by atomic mass is 16.5. The Bertz CT molecular complexity index is 699. The van der Waals surface area contributed by atoms with Crippen molar-refractivity contribution in [2.24, 2.45) is 0 Å². The van der Waals surface area contributed by atoms with E-state index in [1.54, 1.807) is 0 Å².